The van der Waals surface area contributed by atoms with Gasteiger partial charge in [0.2, 0.25) is 11.8 Å². The Morgan fingerprint density at radius 3 is 2.86 bits per heavy atom. The molecule has 120 valence electrons. The Hall–Kier alpha value is -2.11. The predicted octanol–water partition coefficient (Wildman–Crippen LogP) is 1.50. The molecule has 1 N–H and O–H groups in total. The summed E-state index contributed by atoms with van der Waals surface area (Å²) in [5.41, 5.74) is 0.822. The van der Waals surface area contributed by atoms with E-state index in [1.54, 1.807) is 24.1 Å². The lowest BCUT2D eigenvalue weighted by Gasteiger charge is -2.12. The van der Waals surface area contributed by atoms with Crippen LogP contribution in [0.2, 0.25) is 0 Å². The van der Waals surface area contributed by atoms with Crippen molar-refractivity contribution in [2.75, 3.05) is 20.7 Å². The normalized spacial score (nSPS) is 17.7. The summed E-state index contributed by atoms with van der Waals surface area (Å²) in [6, 6.07) is 4.40. The number of ether oxygens (including phenoxy) is 1. The van der Waals surface area contributed by atoms with E-state index in [1.807, 2.05) is 0 Å². The average Bonchev–Trinajstić information content (AvgIpc) is 2.79. The highest BCUT2D eigenvalue weighted by atomic mass is 19.1. The van der Waals surface area contributed by atoms with E-state index < -0.39 is 11.9 Å². The van der Waals surface area contributed by atoms with Gasteiger partial charge in [-0.15, -0.1) is 0 Å². The fourth-order valence-electron chi connectivity index (χ4n) is 2.54. The molecule has 0 saturated carbocycles. The van der Waals surface area contributed by atoms with Crippen LogP contribution in [0.4, 0.5) is 4.39 Å². The van der Waals surface area contributed by atoms with Crippen molar-refractivity contribution >= 4 is 11.8 Å². The molecule has 2 amide bonds. The molecular weight excluding hydrogens is 287 g/mol. The monoisotopic (exact) mass is 308 g/mol. The van der Waals surface area contributed by atoms with E-state index in [9.17, 15) is 14.0 Å². The molecule has 0 spiro atoms. The zero-order chi connectivity index (χ0) is 16.1. The zero-order valence-electron chi connectivity index (χ0n) is 12.9. The van der Waals surface area contributed by atoms with E-state index in [0.717, 1.165) is 5.56 Å². The van der Waals surface area contributed by atoms with E-state index >= 15 is 0 Å². The second kappa shape index (κ2) is 7.24. The number of rotatable bonds is 6. The van der Waals surface area contributed by atoms with Crippen LogP contribution in [0.25, 0.3) is 0 Å². The molecule has 1 saturated heterocycles. The van der Waals surface area contributed by atoms with Crippen molar-refractivity contribution in [3.63, 3.8) is 0 Å². The van der Waals surface area contributed by atoms with Crippen molar-refractivity contribution in [2.45, 2.75) is 31.7 Å². The van der Waals surface area contributed by atoms with Crippen LogP contribution in [-0.4, -0.2) is 43.5 Å². The molecule has 1 unspecified atom stereocenters. The smallest absolute Gasteiger partial charge is 0.244 e. The Morgan fingerprint density at radius 1 is 1.50 bits per heavy atom. The van der Waals surface area contributed by atoms with Crippen LogP contribution in [0, 0.1) is 5.82 Å². The first-order chi connectivity index (χ1) is 10.5. The summed E-state index contributed by atoms with van der Waals surface area (Å²) in [5, 5.41) is 2.75. The van der Waals surface area contributed by atoms with Crippen molar-refractivity contribution < 1.29 is 18.7 Å². The first-order valence-corrected chi connectivity index (χ1v) is 7.38. The van der Waals surface area contributed by atoms with Gasteiger partial charge in [-0.2, -0.15) is 0 Å². The molecule has 2 rings (SSSR count). The molecule has 0 radical (unpaired) electrons. The maximum Gasteiger partial charge on any atom is 0.244 e. The summed E-state index contributed by atoms with van der Waals surface area (Å²) in [4.78, 5) is 25.1. The summed E-state index contributed by atoms with van der Waals surface area (Å²) in [6.07, 6.45) is 2.19. The molecule has 1 aliphatic rings. The molecule has 1 aromatic carbocycles. The number of nitrogens with zero attached hydrogens (tertiary/aromatic N) is 1. The van der Waals surface area contributed by atoms with Crippen LogP contribution in [0.15, 0.2) is 18.2 Å². The van der Waals surface area contributed by atoms with Gasteiger partial charge in [0.25, 0.3) is 0 Å². The van der Waals surface area contributed by atoms with Gasteiger partial charge in [-0.05, 0) is 37.0 Å². The van der Waals surface area contributed by atoms with Crippen molar-refractivity contribution in [2.24, 2.45) is 0 Å². The topological polar surface area (TPSA) is 58.6 Å². The minimum atomic E-state index is -0.399. The molecule has 0 bridgehead atoms. The van der Waals surface area contributed by atoms with Gasteiger partial charge in [-0.3, -0.25) is 9.59 Å². The summed E-state index contributed by atoms with van der Waals surface area (Å²) in [6.45, 7) is 0.676. The van der Waals surface area contributed by atoms with Gasteiger partial charge in [-0.1, -0.05) is 6.07 Å². The third kappa shape index (κ3) is 3.96. The molecule has 0 aliphatic carbocycles. The van der Waals surface area contributed by atoms with E-state index in [0.29, 0.717) is 32.2 Å². The average molecular weight is 308 g/mol. The SMILES string of the molecule is COc1ccc(CCCC(=O)NC2CCN(C)C2=O)cc1F. The predicted molar refractivity (Wildman–Crippen MR) is 80.1 cm³/mol. The maximum atomic E-state index is 13.5. The Balaban J connectivity index is 1.75. The van der Waals surface area contributed by atoms with E-state index in [-0.39, 0.29) is 17.6 Å². The summed E-state index contributed by atoms with van der Waals surface area (Å²) in [7, 11) is 3.15. The van der Waals surface area contributed by atoms with E-state index in [1.165, 1.54) is 13.2 Å². The Bertz CT molecular complexity index is 562. The van der Waals surface area contributed by atoms with Crippen LogP contribution in [0.5, 0.6) is 5.75 Å². The third-order valence-electron chi connectivity index (χ3n) is 3.85. The van der Waals surface area contributed by atoms with E-state index in [2.05, 4.69) is 5.32 Å². The van der Waals surface area contributed by atoms with E-state index in [4.69, 9.17) is 4.74 Å². The number of nitrogens with one attached hydrogen (secondary N) is 1. The fourth-order valence-corrected chi connectivity index (χ4v) is 2.54. The summed E-state index contributed by atoms with van der Waals surface area (Å²) >= 11 is 0. The number of amides is 2. The molecule has 1 atom stereocenters. The Morgan fingerprint density at radius 2 is 2.27 bits per heavy atom. The molecule has 0 aromatic heterocycles. The highest BCUT2D eigenvalue weighted by Gasteiger charge is 2.29. The summed E-state index contributed by atoms with van der Waals surface area (Å²) < 4.78 is 18.4. The van der Waals surface area contributed by atoms with Gasteiger partial charge in [0.05, 0.1) is 7.11 Å². The molecule has 22 heavy (non-hydrogen) atoms. The Kier molecular flexibility index (Phi) is 5.35. The zero-order valence-corrected chi connectivity index (χ0v) is 12.9. The maximum absolute atomic E-state index is 13.5. The number of hydrogen-bond acceptors (Lipinski definition) is 3. The minimum absolute atomic E-state index is 0.0365. The largest absolute Gasteiger partial charge is 0.494 e. The molecule has 6 heteroatoms. The number of benzene rings is 1. The second-order valence-electron chi connectivity index (χ2n) is 5.49. The van der Waals surface area contributed by atoms with Crippen LogP contribution in [0.1, 0.15) is 24.8 Å². The van der Waals surface area contributed by atoms with Gasteiger partial charge in [0.1, 0.15) is 6.04 Å². The lowest BCUT2D eigenvalue weighted by atomic mass is 10.1. The molecule has 5 nitrogen and oxygen atoms in total. The van der Waals surface area contributed by atoms with Gasteiger partial charge in [-0.25, -0.2) is 4.39 Å². The Labute approximate surface area is 129 Å². The third-order valence-corrected chi connectivity index (χ3v) is 3.85. The highest BCUT2D eigenvalue weighted by molar-refractivity contribution is 5.88. The van der Waals surface area contributed by atoms with Crippen molar-refractivity contribution in [3.05, 3.63) is 29.6 Å². The van der Waals surface area contributed by atoms with Gasteiger partial charge >= 0.3 is 0 Å². The van der Waals surface area contributed by atoms with Crippen LogP contribution < -0.4 is 10.1 Å². The lowest BCUT2D eigenvalue weighted by molar-refractivity contribution is -0.131. The number of halogens is 1. The van der Waals surface area contributed by atoms with Crippen LogP contribution >= 0.6 is 0 Å². The minimum Gasteiger partial charge on any atom is -0.494 e. The van der Waals surface area contributed by atoms with Gasteiger partial charge in [0, 0.05) is 20.0 Å². The number of carbonyl (C=O) groups is 2. The molecule has 1 fully saturated rings. The second-order valence-corrected chi connectivity index (χ2v) is 5.49. The standard InChI is InChI=1S/C16H21FN2O3/c1-19-9-8-13(16(19)21)18-15(20)5-3-4-11-6-7-14(22-2)12(17)10-11/h6-7,10,13H,3-5,8-9H2,1-2H3,(H,18,20). The highest BCUT2D eigenvalue weighted by Crippen LogP contribution is 2.18. The summed E-state index contributed by atoms with van der Waals surface area (Å²) in [5.74, 6) is -0.359. The van der Waals surface area contributed by atoms with Crippen molar-refractivity contribution in [1.82, 2.24) is 10.2 Å². The first kappa shape index (κ1) is 16.3. The van der Waals surface area contributed by atoms with Crippen molar-refractivity contribution in [1.29, 1.82) is 0 Å². The van der Waals surface area contributed by atoms with Crippen LogP contribution in [0.3, 0.4) is 0 Å². The molecular formula is C16H21FN2O3. The fraction of sp³-hybridized carbons (Fsp3) is 0.500. The van der Waals surface area contributed by atoms with Crippen molar-refractivity contribution in [3.8, 4) is 5.75 Å². The molecule has 1 heterocycles. The number of likely N-dealkylation sites (tertiary alicyclic amines) is 1. The lowest BCUT2D eigenvalue weighted by Crippen LogP contribution is -2.40. The van der Waals surface area contributed by atoms with Gasteiger partial charge in [0.15, 0.2) is 11.6 Å². The quantitative estimate of drug-likeness (QED) is 0.866. The molecule has 1 aromatic rings. The number of likely N-dealkylation sites (N-methyl/N-ethyl adjacent to an activating group) is 1. The molecule has 1 aliphatic heterocycles. The first-order valence-electron chi connectivity index (χ1n) is 7.38. The van der Waals surface area contributed by atoms with Crippen LogP contribution in [-0.2, 0) is 16.0 Å². The number of hydrogen-bond donors (Lipinski definition) is 1. The number of carbonyl (C=O) groups excluding carboxylic acids is 2. The number of methoxy groups -OCH3 is 1. The number of aryl methyl sites for hydroxylation is 1. The van der Waals surface area contributed by atoms with Gasteiger partial charge < -0.3 is 15.0 Å².